The summed E-state index contributed by atoms with van der Waals surface area (Å²) in [7, 11) is 0. The highest BCUT2D eigenvalue weighted by Gasteiger charge is 2.00. The Morgan fingerprint density at radius 1 is 1.24 bits per heavy atom. The second-order valence-electron chi connectivity index (χ2n) is 4.15. The zero-order chi connectivity index (χ0) is 12.8. The van der Waals surface area contributed by atoms with Gasteiger partial charge in [-0.2, -0.15) is 0 Å². The lowest BCUT2D eigenvalue weighted by Gasteiger charge is -2.03. The highest BCUT2D eigenvalue weighted by atomic mass is 19.1. The van der Waals surface area contributed by atoms with Crippen molar-refractivity contribution in [2.24, 2.45) is 0 Å². The van der Waals surface area contributed by atoms with Gasteiger partial charge < -0.3 is 5.11 Å². The number of hydrogen-bond acceptors (Lipinski definition) is 1. The second-order valence-corrected chi connectivity index (χ2v) is 4.15. The minimum Gasteiger partial charge on any atom is -0.508 e. The van der Waals surface area contributed by atoms with E-state index in [0.717, 1.165) is 16.7 Å². The third-order valence-electron chi connectivity index (χ3n) is 2.35. The molecule has 0 aromatic heterocycles. The van der Waals surface area contributed by atoms with Crippen LogP contribution in [0.15, 0.2) is 59.9 Å². The van der Waals surface area contributed by atoms with E-state index >= 15 is 0 Å². The van der Waals surface area contributed by atoms with E-state index in [2.05, 4.69) is 6.58 Å². The van der Waals surface area contributed by atoms with Crippen molar-refractivity contribution < 1.29 is 9.50 Å². The van der Waals surface area contributed by atoms with Crippen molar-refractivity contribution in [1.82, 2.24) is 0 Å². The monoisotopic (exact) mass is 232 g/mol. The summed E-state index contributed by atoms with van der Waals surface area (Å²) in [5, 5.41) is 9.76. The summed E-state index contributed by atoms with van der Waals surface area (Å²) >= 11 is 0. The fraction of sp³-hybridized carbons (Fsp3) is 0.200. The van der Waals surface area contributed by atoms with Crippen LogP contribution < -0.4 is 0 Å². The number of aliphatic hydroxyl groups is 1. The average Bonchev–Trinajstić information content (AvgIpc) is 2.28. The van der Waals surface area contributed by atoms with Gasteiger partial charge in [0, 0.05) is 0 Å². The van der Waals surface area contributed by atoms with Gasteiger partial charge in [-0.25, -0.2) is 4.39 Å². The van der Waals surface area contributed by atoms with Crippen molar-refractivity contribution in [3.8, 4) is 0 Å². The minimum absolute atomic E-state index is 0.234. The molecule has 17 heavy (non-hydrogen) atoms. The van der Waals surface area contributed by atoms with E-state index in [9.17, 15) is 9.50 Å². The van der Waals surface area contributed by atoms with Crippen molar-refractivity contribution in [2.45, 2.75) is 20.3 Å². The molecule has 1 N–H and O–H groups in total. The van der Waals surface area contributed by atoms with Crippen LogP contribution in [0, 0.1) is 5.82 Å². The summed E-state index contributed by atoms with van der Waals surface area (Å²) in [6.45, 7) is 7.43. The quantitative estimate of drug-likeness (QED) is 0.605. The Kier molecular flexibility index (Phi) is 4.70. The molecule has 0 fully saturated rings. The molecule has 1 nitrogen and oxygen atoms in total. The van der Waals surface area contributed by atoms with Gasteiger partial charge in [0.1, 0.15) is 11.6 Å². The molecule has 90 valence electrons. The van der Waals surface area contributed by atoms with E-state index < -0.39 is 0 Å². The molecule has 0 heterocycles. The van der Waals surface area contributed by atoms with Crippen LogP contribution in [0.4, 0.5) is 4.39 Å². The molecule has 0 aliphatic carbocycles. The minimum atomic E-state index is -0.248. The Labute approximate surface area is 102 Å². The Morgan fingerprint density at radius 2 is 1.82 bits per heavy atom. The molecule has 0 saturated carbocycles. The lowest BCUT2D eigenvalue weighted by Crippen LogP contribution is -1.91. The molecule has 0 atom stereocenters. The Bertz CT molecular complexity index is 452. The molecular formula is C15H17FO. The normalized spacial score (nSPS) is 12.6. The number of halogens is 1. The van der Waals surface area contributed by atoms with Crippen molar-refractivity contribution >= 4 is 0 Å². The van der Waals surface area contributed by atoms with Crippen LogP contribution in [0.3, 0.4) is 0 Å². The lowest BCUT2D eigenvalue weighted by atomic mass is 10.1. The standard InChI is InChI=1S/C15H17FO/c1-11(2)4-9-15(17)12(3)10-13-5-7-14(16)8-6-13/h4-9,17H,1,10H2,2-3H3/b9-4-,15-12-. The van der Waals surface area contributed by atoms with Gasteiger partial charge in [0.2, 0.25) is 0 Å². The summed E-state index contributed by atoms with van der Waals surface area (Å²) < 4.78 is 12.7. The molecule has 0 aliphatic heterocycles. The molecule has 2 heteroatoms. The maximum atomic E-state index is 12.7. The predicted molar refractivity (Wildman–Crippen MR) is 69.4 cm³/mol. The van der Waals surface area contributed by atoms with E-state index in [0.29, 0.717) is 6.42 Å². The maximum Gasteiger partial charge on any atom is 0.123 e. The Balaban J connectivity index is 2.76. The van der Waals surface area contributed by atoms with Crippen LogP contribution in [0.25, 0.3) is 0 Å². The Morgan fingerprint density at radius 3 is 2.35 bits per heavy atom. The summed E-state index contributed by atoms with van der Waals surface area (Å²) in [5.74, 6) is -0.0147. The van der Waals surface area contributed by atoms with Crippen molar-refractivity contribution in [3.05, 3.63) is 71.3 Å². The van der Waals surface area contributed by atoms with Gasteiger partial charge in [-0.3, -0.25) is 0 Å². The third-order valence-corrected chi connectivity index (χ3v) is 2.35. The van der Waals surface area contributed by atoms with Crippen LogP contribution >= 0.6 is 0 Å². The summed E-state index contributed by atoms with van der Waals surface area (Å²) in [6, 6.07) is 6.27. The first-order valence-electron chi connectivity index (χ1n) is 5.46. The molecule has 0 spiro atoms. The number of hydrogen-bond donors (Lipinski definition) is 1. The Hall–Kier alpha value is -1.83. The first-order valence-corrected chi connectivity index (χ1v) is 5.46. The zero-order valence-corrected chi connectivity index (χ0v) is 10.2. The fourth-order valence-electron chi connectivity index (χ4n) is 1.36. The molecule has 0 unspecified atom stereocenters. The first kappa shape index (κ1) is 13.2. The number of rotatable bonds is 4. The van der Waals surface area contributed by atoms with Gasteiger partial charge in [0.05, 0.1) is 0 Å². The van der Waals surface area contributed by atoms with E-state index in [4.69, 9.17) is 0 Å². The predicted octanol–water partition coefficient (Wildman–Crippen LogP) is 4.33. The number of aliphatic hydroxyl groups excluding tert-OH is 1. The van der Waals surface area contributed by atoms with Gasteiger partial charge in [-0.1, -0.05) is 30.4 Å². The highest BCUT2D eigenvalue weighted by molar-refractivity contribution is 5.28. The van der Waals surface area contributed by atoms with Gasteiger partial charge in [-0.05, 0) is 49.6 Å². The summed E-state index contributed by atoms with van der Waals surface area (Å²) in [6.07, 6.45) is 3.98. The molecule has 0 saturated heterocycles. The summed E-state index contributed by atoms with van der Waals surface area (Å²) in [4.78, 5) is 0. The van der Waals surface area contributed by atoms with Gasteiger partial charge >= 0.3 is 0 Å². The topological polar surface area (TPSA) is 20.2 Å². The van der Waals surface area contributed by atoms with Crippen LogP contribution in [0.2, 0.25) is 0 Å². The van der Waals surface area contributed by atoms with Crippen LogP contribution in [-0.4, -0.2) is 5.11 Å². The van der Waals surface area contributed by atoms with Crippen molar-refractivity contribution in [3.63, 3.8) is 0 Å². The molecule has 0 amide bonds. The van der Waals surface area contributed by atoms with Crippen LogP contribution in [-0.2, 0) is 6.42 Å². The molecule has 1 rings (SSSR count). The zero-order valence-electron chi connectivity index (χ0n) is 10.2. The number of benzene rings is 1. The van der Waals surface area contributed by atoms with Crippen molar-refractivity contribution in [1.29, 1.82) is 0 Å². The summed E-state index contributed by atoms with van der Waals surface area (Å²) in [5.41, 5.74) is 2.69. The lowest BCUT2D eigenvalue weighted by molar-refractivity contribution is 0.424. The van der Waals surface area contributed by atoms with Gasteiger partial charge in [-0.15, -0.1) is 0 Å². The van der Waals surface area contributed by atoms with E-state index in [1.54, 1.807) is 24.3 Å². The molecule has 1 aromatic rings. The first-order chi connectivity index (χ1) is 7.99. The molecular weight excluding hydrogens is 215 g/mol. The van der Waals surface area contributed by atoms with E-state index in [-0.39, 0.29) is 11.6 Å². The van der Waals surface area contributed by atoms with E-state index in [1.807, 2.05) is 13.8 Å². The number of allylic oxidation sites excluding steroid dienone is 4. The smallest absolute Gasteiger partial charge is 0.123 e. The largest absolute Gasteiger partial charge is 0.508 e. The third kappa shape index (κ3) is 4.68. The van der Waals surface area contributed by atoms with Gasteiger partial charge in [0.25, 0.3) is 0 Å². The molecule has 1 aromatic carbocycles. The molecule has 0 aliphatic rings. The van der Waals surface area contributed by atoms with Crippen LogP contribution in [0.5, 0.6) is 0 Å². The fourth-order valence-corrected chi connectivity index (χ4v) is 1.36. The maximum absolute atomic E-state index is 12.7. The van der Waals surface area contributed by atoms with E-state index in [1.165, 1.54) is 12.1 Å². The van der Waals surface area contributed by atoms with Crippen LogP contribution in [0.1, 0.15) is 19.4 Å². The van der Waals surface area contributed by atoms with Gasteiger partial charge in [0.15, 0.2) is 0 Å². The molecule has 0 bridgehead atoms. The van der Waals surface area contributed by atoms with Crippen molar-refractivity contribution in [2.75, 3.05) is 0 Å². The highest BCUT2D eigenvalue weighted by Crippen LogP contribution is 2.12. The molecule has 0 radical (unpaired) electrons. The SMILES string of the molecule is C=C(C)/C=C\C(O)=C(/C)Cc1ccc(F)cc1. The second kappa shape index (κ2) is 6.04. The average molecular weight is 232 g/mol.